The number of rotatable bonds is 11. The number of amides is 2. The Labute approximate surface area is 156 Å². The molecule has 1 aromatic rings. The van der Waals surface area contributed by atoms with Crippen LogP contribution in [0.2, 0.25) is 0 Å². The number of hydrogen-bond acceptors (Lipinski definition) is 6. The minimum atomic E-state index is -1.42. The summed E-state index contributed by atoms with van der Waals surface area (Å²) in [7, 11) is 0. The molecule has 2 atom stereocenters. The number of imidazole rings is 1. The molecule has 0 saturated carbocycles. The molecule has 0 fully saturated rings. The summed E-state index contributed by atoms with van der Waals surface area (Å²) in [6.07, 6.45) is 3.98. The largest absolute Gasteiger partial charge is 2.00 e. The van der Waals surface area contributed by atoms with Crippen molar-refractivity contribution in [1.82, 2.24) is 15.3 Å². The van der Waals surface area contributed by atoms with Crippen LogP contribution in [0.1, 0.15) is 25.0 Å². The Kier molecular flexibility index (Phi) is 11.5. The van der Waals surface area contributed by atoms with Crippen LogP contribution in [-0.2, 0) is 37.9 Å². The molecule has 0 saturated heterocycles. The second kappa shape index (κ2) is 12.4. The Morgan fingerprint density at radius 2 is 2.12 bits per heavy atom. The molecule has 0 bridgehead atoms. The van der Waals surface area contributed by atoms with E-state index in [0.29, 0.717) is 25.1 Å². The molecule has 0 aromatic carbocycles. The molecule has 1 aromatic heterocycles. The van der Waals surface area contributed by atoms with Crippen LogP contribution in [0.3, 0.4) is 0 Å². The summed E-state index contributed by atoms with van der Waals surface area (Å²) in [5, 5.41) is 17.1. The molecule has 0 unspecified atom stereocenters. The second-order valence-corrected chi connectivity index (χ2v) is 5.10. The van der Waals surface area contributed by atoms with Gasteiger partial charge in [0.15, 0.2) is 0 Å². The molecule has 1 heterocycles. The summed E-state index contributed by atoms with van der Waals surface area (Å²) in [5.41, 5.74) is 12.8. The fourth-order valence-electron chi connectivity index (χ4n) is 1.99. The van der Waals surface area contributed by atoms with Crippen molar-refractivity contribution in [1.29, 1.82) is 0 Å². The van der Waals surface area contributed by atoms with Gasteiger partial charge in [0.2, 0.25) is 5.91 Å². The molecule has 1 rings (SSSR count). The summed E-state index contributed by atoms with van der Waals surface area (Å²) in [5.74, 6) is -2.93. The fraction of sp³-hybridized carbons (Fsp3) is 0.571. The number of hydrogen-bond donors (Lipinski definition) is 2. The van der Waals surface area contributed by atoms with E-state index < -0.39 is 36.4 Å². The fourth-order valence-corrected chi connectivity index (χ4v) is 1.99. The molecule has 0 aliphatic heterocycles. The van der Waals surface area contributed by atoms with Gasteiger partial charge in [-0.15, -0.1) is 6.54 Å². The minimum absolute atomic E-state index is 0. The maximum Gasteiger partial charge on any atom is 2.00 e. The number of aliphatic carboxylic acids is 1. The van der Waals surface area contributed by atoms with Gasteiger partial charge >= 0.3 is 17.1 Å². The molecule has 25 heavy (non-hydrogen) atoms. The number of carbonyl (C=O) groups excluding carboxylic acids is 3. The van der Waals surface area contributed by atoms with E-state index in [0.717, 1.165) is 0 Å². The first kappa shape index (κ1) is 23.1. The first-order valence-electron chi connectivity index (χ1n) is 7.49. The van der Waals surface area contributed by atoms with Gasteiger partial charge in [-0.3, -0.25) is 4.79 Å². The molecule has 1 radical (unpaired) electrons. The zero-order valence-electron chi connectivity index (χ0n) is 13.4. The van der Waals surface area contributed by atoms with E-state index in [2.05, 4.69) is 20.6 Å². The monoisotopic (exact) mass is 399 g/mol. The molecule has 2 amide bonds. The van der Waals surface area contributed by atoms with E-state index in [-0.39, 0.29) is 29.9 Å². The Morgan fingerprint density at radius 3 is 2.64 bits per heavy atom. The average molecular weight is 400 g/mol. The number of unbranched alkanes of at least 4 members (excludes halogenated alkanes) is 1. The Hall–Kier alpha value is -1.94. The number of nitrogens with one attached hydrogen (secondary N) is 2. The van der Waals surface area contributed by atoms with E-state index in [1.807, 2.05) is 0 Å². The normalized spacial score (nSPS) is 12.6. The predicted molar refractivity (Wildman–Crippen MR) is 82.4 cm³/mol. The molecular formula is C14H20CuN6O4-2. The number of aromatic nitrogens is 2. The summed E-state index contributed by atoms with van der Waals surface area (Å²) in [6, 6.07) is -2.37. The van der Waals surface area contributed by atoms with Crippen LogP contribution in [0.15, 0.2) is 12.5 Å². The van der Waals surface area contributed by atoms with Crippen molar-refractivity contribution in [3.63, 3.8) is 0 Å². The summed E-state index contributed by atoms with van der Waals surface area (Å²) < 4.78 is 0. The Balaban J connectivity index is 0.00000576. The molecule has 0 spiro atoms. The van der Waals surface area contributed by atoms with Crippen LogP contribution < -0.4 is 21.1 Å². The maximum atomic E-state index is 12.3. The molecule has 0 aliphatic carbocycles. The van der Waals surface area contributed by atoms with E-state index in [4.69, 9.17) is 11.5 Å². The maximum absolute atomic E-state index is 12.3. The van der Waals surface area contributed by atoms with E-state index >= 15 is 0 Å². The zero-order valence-corrected chi connectivity index (χ0v) is 14.3. The van der Waals surface area contributed by atoms with Gasteiger partial charge in [-0.05, 0) is 38.3 Å². The summed E-state index contributed by atoms with van der Waals surface area (Å²) in [6.45, 7) is -0.184. The number of carboxylic acids is 1. The van der Waals surface area contributed by atoms with Gasteiger partial charge in [-0.25, -0.2) is 0 Å². The van der Waals surface area contributed by atoms with Gasteiger partial charge in [0.05, 0.1) is 12.0 Å². The van der Waals surface area contributed by atoms with Crippen molar-refractivity contribution in [3.05, 3.63) is 29.3 Å². The van der Waals surface area contributed by atoms with Gasteiger partial charge in [-0.1, -0.05) is 18.2 Å². The van der Waals surface area contributed by atoms with Crippen LogP contribution in [0.5, 0.6) is 0 Å². The first-order valence-corrected chi connectivity index (χ1v) is 7.49. The van der Waals surface area contributed by atoms with Crippen molar-refractivity contribution in [2.45, 2.75) is 37.8 Å². The smallest absolute Gasteiger partial charge is 0.673 e. The van der Waals surface area contributed by atoms with Crippen LogP contribution in [0.25, 0.3) is 11.1 Å². The third-order valence-electron chi connectivity index (χ3n) is 3.22. The van der Waals surface area contributed by atoms with Gasteiger partial charge < -0.3 is 46.8 Å². The zero-order chi connectivity index (χ0) is 17.9. The third-order valence-corrected chi connectivity index (χ3v) is 3.22. The molecule has 0 aliphatic rings. The summed E-state index contributed by atoms with van der Waals surface area (Å²) in [4.78, 5) is 42.4. The van der Waals surface area contributed by atoms with E-state index in [1.54, 1.807) is 0 Å². The molecule has 10 nitrogen and oxygen atoms in total. The van der Waals surface area contributed by atoms with Gasteiger partial charge in [0.1, 0.15) is 0 Å². The topological polar surface area (TPSA) is 177 Å². The molecule has 11 heteroatoms. The third kappa shape index (κ3) is 8.64. The first-order chi connectivity index (χ1) is 11.5. The Bertz CT molecular complexity index is 539. The quantitative estimate of drug-likeness (QED) is 0.327. The van der Waals surface area contributed by atoms with E-state index in [1.165, 1.54) is 12.5 Å². The second-order valence-electron chi connectivity index (χ2n) is 5.10. The average Bonchev–Trinajstić information content (AvgIpc) is 3.06. The number of nitrogens with zero attached hydrogens (tertiary/aromatic N) is 3. The number of carboxylic acid groups (broad SMARTS) is 1. The summed E-state index contributed by atoms with van der Waals surface area (Å²) >= 11 is 0. The van der Waals surface area contributed by atoms with Crippen LogP contribution in [0.4, 0.5) is 0 Å². The van der Waals surface area contributed by atoms with E-state index in [9.17, 15) is 19.5 Å². The van der Waals surface area contributed by atoms with Gasteiger partial charge in [0.25, 0.3) is 0 Å². The van der Waals surface area contributed by atoms with Gasteiger partial charge in [-0.2, -0.15) is 0 Å². The SMILES string of the molecule is [Cu+2].[NH-]CC(=O)[N-][C@@H](Cc1cnc[n-]1)C(=O)N[C@@H](CCCCN)C(=O)[O-]. The van der Waals surface area contributed by atoms with Crippen LogP contribution in [-0.4, -0.2) is 47.9 Å². The molecular weight excluding hydrogens is 380 g/mol. The minimum Gasteiger partial charge on any atom is -0.673 e. The number of nitrogens with two attached hydrogens (primary N) is 1. The van der Waals surface area contributed by atoms with Gasteiger partial charge in [0, 0.05) is 5.91 Å². The Morgan fingerprint density at radius 1 is 1.40 bits per heavy atom. The van der Waals surface area contributed by atoms with Crippen molar-refractivity contribution in [2.75, 3.05) is 13.1 Å². The standard InChI is InChI=1S/C14H23N6O4.Cu/c15-4-2-1-3-10(14(23)24)20-13(22)11(19-12(21)6-16)5-9-7-17-8-18-9;/h7-8,10-11,16H,1-6,15H2,(H4,17,18,19,20,21,22,23,24);/q-1;+2/p-3/t10-,11-;/m0./s1. The number of carbonyl (C=O) groups is 3. The molecule has 143 valence electrons. The van der Waals surface area contributed by atoms with Crippen LogP contribution in [0, 0.1) is 0 Å². The van der Waals surface area contributed by atoms with Crippen LogP contribution >= 0.6 is 0 Å². The van der Waals surface area contributed by atoms with Crippen molar-refractivity contribution >= 4 is 17.8 Å². The van der Waals surface area contributed by atoms with Crippen molar-refractivity contribution < 1.29 is 36.6 Å². The molecule has 4 N–H and O–H groups in total. The predicted octanol–water partition coefficient (Wildman–Crippen LogP) is -1.74. The van der Waals surface area contributed by atoms with Crippen molar-refractivity contribution in [3.8, 4) is 0 Å². The van der Waals surface area contributed by atoms with Crippen molar-refractivity contribution in [2.24, 2.45) is 5.73 Å².